The van der Waals surface area contributed by atoms with Crippen molar-refractivity contribution in [2.75, 3.05) is 44.3 Å². The predicted octanol–water partition coefficient (Wildman–Crippen LogP) is 3.52. The molecule has 2 aromatic rings. The van der Waals surface area contributed by atoms with Gasteiger partial charge in [-0.1, -0.05) is 36.4 Å². The predicted molar refractivity (Wildman–Crippen MR) is 129 cm³/mol. The van der Waals surface area contributed by atoms with Crippen LogP contribution in [0.4, 0.5) is 5.69 Å². The summed E-state index contributed by atoms with van der Waals surface area (Å²) in [6.07, 6.45) is 3.83. The summed E-state index contributed by atoms with van der Waals surface area (Å²) in [6.45, 7) is 14.9. The van der Waals surface area contributed by atoms with Crippen LogP contribution in [-0.4, -0.2) is 60.8 Å². The molecular formula is C26H36N4O2. The number of ether oxygens (including phenoxy) is 1. The molecule has 0 saturated carbocycles. The zero-order valence-electron chi connectivity index (χ0n) is 19.5. The van der Waals surface area contributed by atoms with Crippen LogP contribution in [0.15, 0.2) is 43.0 Å². The quantitative estimate of drug-likeness (QED) is 0.675. The molecule has 0 bridgehead atoms. The minimum atomic E-state index is 0.0356. The van der Waals surface area contributed by atoms with E-state index in [0.717, 1.165) is 75.7 Å². The minimum absolute atomic E-state index is 0.0356. The average Bonchev–Trinajstić information content (AvgIpc) is 3.06. The Morgan fingerprint density at radius 3 is 2.47 bits per heavy atom. The van der Waals surface area contributed by atoms with Crippen LogP contribution in [-0.2, 0) is 17.8 Å². The van der Waals surface area contributed by atoms with E-state index in [2.05, 4.69) is 70.4 Å². The van der Waals surface area contributed by atoms with Gasteiger partial charge in [-0.15, -0.1) is 6.58 Å². The Labute approximate surface area is 191 Å². The standard InChI is InChI=1S/C26H36N4O2/c1-4-12-30-21(3)24(29-15-17-32-18-16-29)20(2)25(30)26(31)27-23-10-13-28(14-11-23)19-22-8-6-5-7-9-22/h4-9,23H,1,10-19H2,2-3H3,(H,27,31). The third-order valence-electron chi connectivity index (χ3n) is 6.75. The molecule has 6 nitrogen and oxygen atoms in total. The summed E-state index contributed by atoms with van der Waals surface area (Å²) in [5, 5.41) is 3.34. The highest BCUT2D eigenvalue weighted by atomic mass is 16.5. The zero-order chi connectivity index (χ0) is 22.5. The first-order valence-electron chi connectivity index (χ1n) is 11.8. The number of rotatable bonds is 7. The fraction of sp³-hybridized carbons (Fsp3) is 0.500. The molecule has 2 saturated heterocycles. The van der Waals surface area contributed by atoms with Gasteiger partial charge in [0.2, 0.25) is 0 Å². The molecule has 0 aliphatic carbocycles. The number of anilines is 1. The molecule has 1 aromatic carbocycles. The molecule has 0 radical (unpaired) electrons. The van der Waals surface area contributed by atoms with Gasteiger partial charge in [0.15, 0.2) is 0 Å². The van der Waals surface area contributed by atoms with Crippen molar-refractivity contribution >= 4 is 11.6 Å². The molecule has 172 valence electrons. The van der Waals surface area contributed by atoms with E-state index in [-0.39, 0.29) is 11.9 Å². The van der Waals surface area contributed by atoms with E-state index in [1.54, 1.807) is 0 Å². The number of amides is 1. The first-order chi connectivity index (χ1) is 15.6. The molecule has 2 fully saturated rings. The lowest BCUT2D eigenvalue weighted by molar-refractivity contribution is 0.0899. The Kier molecular flexibility index (Phi) is 7.33. The SMILES string of the molecule is C=CCn1c(C)c(N2CCOCC2)c(C)c1C(=O)NC1CCN(Cc2ccccc2)CC1. The van der Waals surface area contributed by atoms with Gasteiger partial charge in [-0.25, -0.2) is 0 Å². The van der Waals surface area contributed by atoms with Gasteiger partial charge in [-0.05, 0) is 32.3 Å². The average molecular weight is 437 g/mol. The van der Waals surface area contributed by atoms with E-state index in [4.69, 9.17) is 4.74 Å². The maximum Gasteiger partial charge on any atom is 0.268 e. The van der Waals surface area contributed by atoms with Gasteiger partial charge in [0.05, 0.1) is 18.9 Å². The number of carbonyl (C=O) groups is 1. The number of nitrogens with zero attached hydrogens (tertiary/aromatic N) is 3. The van der Waals surface area contributed by atoms with Gasteiger partial charge in [-0.2, -0.15) is 0 Å². The fourth-order valence-corrected chi connectivity index (χ4v) is 5.12. The second kappa shape index (κ2) is 10.4. The molecule has 0 spiro atoms. The molecule has 1 aromatic heterocycles. The Balaban J connectivity index is 1.43. The van der Waals surface area contributed by atoms with E-state index < -0.39 is 0 Å². The Morgan fingerprint density at radius 1 is 1.12 bits per heavy atom. The van der Waals surface area contributed by atoms with Crippen LogP contribution in [0.1, 0.15) is 40.2 Å². The van der Waals surface area contributed by atoms with Crippen LogP contribution < -0.4 is 10.2 Å². The molecular weight excluding hydrogens is 400 g/mol. The third kappa shape index (κ3) is 4.92. The number of carbonyl (C=O) groups excluding carboxylic acids is 1. The molecule has 32 heavy (non-hydrogen) atoms. The number of piperidine rings is 1. The summed E-state index contributed by atoms with van der Waals surface area (Å²) in [7, 11) is 0. The maximum absolute atomic E-state index is 13.4. The number of morpholine rings is 1. The smallest absolute Gasteiger partial charge is 0.268 e. The van der Waals surface area contributed by atoms with Gasteiger partial charge in [0.1, 0.15) is 5.69 Å². The summed E-state index contributed by atoms with van der Waals surface area (Å²) in [6, 6.07) is 10.8. The highest BCUT2D eigenvalue weighted by molar-refractivity contribution is 5.96. The van der Waals surface area contributed by atoms with Crippen LogP contribution >= 0.6 is 0 Å². The summed E-state index contributed by atoms with van der Waals surface area (Å²) in [5.74, 6) is 0.0356. The van der Waals surface area contributed by atoms with Crippen molar-refractivity contribution < 1.29 is 9.53 Å². The number of benzene rings is 1. The highest BCUT2D eigenvalue weighted by Gasteiger charge is 2.28. The van der Waals surface area contributed by atoms with Crippen LogP contribution in [0.3, 0.4) is 0 Å². The molecule has 6 heteroatoms. The lowest BCUT2D eigenvalue weighted by Gasteiger charge is -2.32. The van der Waals surface area contributed by atoms with Crippen molar-refractivity contribution in [2.45, 2.75) is 45.8 Å². The summed E-state index contributed by atoms with van der Waals surface area (Å²) < 4.78 is 7.65. The summed E-state index contributed by atoms with van der Waals surface area (Å²) in [5.41, 5.74) is 5.49. The van der Waals surface area contributed by atoms with Crippen LogP contribution in [0, 0.1) is 13.8 Å². The van der Waals surface area contributed by atoms with E-state index in [9.17, 15) is 4.79 Å². The molecule has 0 unspecified atom stereocenters. The monoisotopic (exact) mass is 436 g/mol. The van der Waals surface area contributed by atoms with Crippen molar-refractivity contribution in [1.29, 1.82) is 0 Å². The number of hydrogen-bond acceptors (Lipinski definition) is 4. The van der Waals surface area contributed by atoms with Crippen molar-refractivity contribution in [3.8, 4) is 0 Å². The van der Waals surface area contributed by atoms with Crippen molar-refractivity contribution in [1.82, 2.24) is 14.8 Å². The molecule has 0 atom stereocenters. The van der Waals surface area contributed by atoms with E-state index in [0.29, 0.717) is 6.54 Å². The van der Waals surface area contributed by atoms with E-state index >= 15 is 0 Å². The molecule has 2 aliphatic rings. The number of aromatic nitrogens is 1. The normalized spacial score (nSPS) is 18.0. The molecule has 2 aliphatic heterocycles. The van der Waals surface area contributed by atoms with Gasteiger partial charge in [0.25, 0.3) is 5.91 Å². The Bertz CT molecular complexity index is 923. The van der Waals surface area contributed by atoms with Crippen LogP contribution in [0.25, 0.3) is 0 Å². The maximum atomic E-state index is 13.4. The van der Waals surface area contributed by atoms with Crippen LogP contribution in [0.2, 0.25) is 0 Å². The number of nitrogens with one attached hydrogen (secondary N) is 1. The first-order valence-corrected chi connectivity index (χ1v) is 11.8. The van der Waals surface area contributed by atoms with Gasteiger partial charge in [-0.3, -0.25) is 9.69 Å². The second-order valence-corrected chi connectivity index (χ2v) is 8.92. The van der Waals surface area contributed by atoms with Crippen LogP contribution in [0.5, 0.6) is 0 Å². The summed E-state index contributed by atoms with van der Waals surface area (Å²) >= 11 is 0. The Hall–Kier alpha value is -2.57. The topological polar surface area (TPSA) is 49.7 Å². The number of likely N-dealkylation sites (tertiary alicyclic amines) is 1. The van der Waals surface area contributed by atoms with Gasteiger partial charge >= 0.3 is 0 Å². The lowest BCUT2D eigenvalue weighted by Crippen LogP contribution is -2.44. The van der Waals surface area contributed by atoms with Gasteiger partial charge < -0.3 is 19.5 Å². The van der Waals surface area contributed by atoms with Crippen molar-refractivity contribution in [2.24, 2.45) is 0 Å². The Morgan fingerprint density at radius 2 is 1.81 bits per heavy atom. The second-order valence-electron chi connectivity index (χ2n) is 8.92. The zero-order valence-corrected chi connectivity index (χ0v) is 19.5. The lowest BCUT2D eigenvalue weighted by atomic mass is 10.0. The highest BCUT2D eigenvalue weighted by Crippen LogP contribution is 2.32. The molecule has 1 N–H and O–H groups in total. The van der Waals surface area contributed by atoms with E-state index in [1.807, 2.05) is 6.08 Å². The third-order valence-corrected chi connectivity index (χ3v) is 6.75. The molecule has 3 heterocycles. The number of allylic oxidation sites excluding steroid dienone is 1. The molecule has 1 amide bonds. The largest absolute Gasteiger partial charge is 0.378 e. The van der Waals surface area contributed by atoms with Gasteiger partial charge in [0, 0.05) is 56.6 Å². The van der Waals surface area contributed by atoms with Crippen molar-refractivity contribution in [3.63, 3.8) is 0 Å². The van der Waals surface area contributed by atoms with Crippen molar-refractivity contribution in [3.05, 3.63) is 65.5 Å². The molecule has 4 rings (SSSR count). The minimum Gasteiger partial charge on any atom is -0.378 e. The van der Waals surface area contributed by atoms with E-state index in [1.165, 1.54) is 11.3 Å². The number of hydrogen-bond donors (Lipinski definition) is 1. The fourth-order valence-electron chi connectivity index (χ4n) is 5.12. The summed E-state index contributed by atoms with van der Waals surface area (Å²) in [4.78, 5) is 18.3. The first kappa shape index (κ1) is 22.6.